The molecule has 6 nitrogen and oxygen atoms in total. The number of benzene rings is 2. The van der Waals surface area contributed by atoms with Gasteiger partial charge < -0.3 is 14.4 Å². The molecule has 1 heterocycles. The Balaban J connectivity index is 2.30. The fourth-order valence-corrected chi connectivity index (χ4v) is 3.83. The first kappa shape index (κ1) is 16.8. The third-order valence-corrected chi connectivity index (χ3v) is 5.46. The maximum absolute atomic E-state index is 13.8. The molecule has 1 aliphatic heterocycles. The lowest BCUT2D eigenvalue weighted by atomic mass is 10.2. The number of nitriles is 1. The van der Waals surface area contributed by atoms with Crippen LogP contribution in [0.3, 0.4) is 0 Å². The Morgan fingerprint density at radius 3 is 2.48 bits per heavy atom. The van der Waals surface area contributed by atoms with Gasteiger partial charge in [0.1, 0.15) is 23.4 Å². The van der Waals surface area contributed by atoms with E-state index in [0.717, 1.165) is 24.4 Å². The average Bonchev–Trinajstić information content (AvgIpc) is 2.61. The highest BCUT2D eigenvalue weighted by molar-refractivity contribution is 7.95. The molecule has 0 aliphatic carbocycles. The number of hydrogen-bond donors (Lipinski definition) is 0. The second-order valence-electron chi connectivity index (χ2n) is 5.13. The highest BCUT2D eigenvalue weighted by Crippen LogP contribution is 2.43. The van der Waals surface area contributed by atoms with Gasteiger partial charge in [0.05, 0.1) is 30.5 Å². The number of methoxy groups -OCH3 is 2. The van der Waals surface area contributed by atoms with Crippen molar-refractivity contribution in [3.8, 4) is 17.6 Å². The number of sulfone groups is 1. The first-order valence-corrected chi connectivity index (χ1v) is 8.58. The molecule has 0 N–H and O–H groups in total. The average molecular weight is 360 g/mol. The maximum atomic E-state index is 13.8. The predicted octanol–water partition coefficient (Wildman–Crippen LogP) is 3.13. The van der Waals surface area contributed by atoms with Crippen molar-refractivity contribution in [3.63, 3.8) is 0 Å². The molecule has 0 saturated heterocycles. The van der Waals surface area contributed by atoms with Gasteiger partial charge in [-0.25, -0.2) is 12.8 Å². The second kappa shape index (κ2) is 6.11. The van der Waals surface area contributed by atoms with Crippen LogP contribution in [0.2, 0.25) is 0 Å². The summed E-state index contributed by atoms with van der Waals surface area (Å²) in [6.45, 7) is 0. The summed E-state index contributed by atoms with van der Waals surface area (Å²) in [4.78, 5) is 0.825. The normalized spacial score (nSPS) is 15.0. The van der Waals surface area contributed by atoms with Crippen LogP contribution in [0.4, 0.5) is 15.8 Å². The van der Waals surface area contributed by atoms with Gasteiger partial charge in [-0.3, -0.25) is 0 Å². The SMILES string of the molecule is COc1ccc(N2C=C(C#N)S(=O)(=O)c3ccc(F)cc32)c(OC)c1. The van der Waals surface area contributed by atoms with Gasteiger partial charge in [0.15, 0.2) is 4.91 Å². The third-order valence-electron chi connectivity index (χ3n) is 3.76. The fraction of sp³-hybridized carbons (Fsp3) is 0.118. The van der Waals surface area contributed by atoms with Crippen LogP contribution in [0, 0.1) is 17.1 Å². The van der Waals surface area contributed by atoms with Crippen molar-refractivity contribution in [3.05, 3.63) is 53.3 Å². The number of allylic oxidation sites excluding steroid dienone is 1. The number of nitrogens with zero attached hydrogens (tertiary/aromatic N) is 2. The molecule has 128 valence electrons. The molecule has 0 radical (unpaired) electrons. The Labute approximate surface area is 144 Å². The quantitative estimate of drug-likeness (QED) is 0.783. The van der Waals surface area contributed by atoms with Crippen LogP contribution < -0.4 is 14.4 Å². The number of anilines is 2. The zero-order valence-corrected chi connectivity index (χ0v) is 14.2. The van der Waals surface area contributed by atoms with Crippen LogP contribution in [0.25, 0.3) is 0 Å². The smallest absolute Gasteiger partial charge is 0.220 e. The van der Waals surface area contributed by atoms with Crippen LogP contribution in [0.5, 0.6) is 11.5 Å². The van der Waals surface area contributed by atoms with Gasteiger partial charge in [-0.15, -0.1) is 0 Å². The summed E-state index contributed by atoms with van der Waals surface area (Å²) in [7, 11) is -1.05. The van der Waals surface area contributed by atoms with E-state index >= 15 is 0 Å². The maximum Gasteiger partial charge on any atom is 0.220 e. The van der Waals surface area contributed by atoms with E-state index in [1.165, 1.54) is 19.1 Å². The van der Waals surface area contributed by atoms with Crippen LogP contribution in [-0.4, -0.2) is 22.6 Å². The Morgan fingerprint density at radius 1 is 1.08 bits per heavy atom. The first-order chi connectivity index (χ1) is 11.9. The first-order valence-electron chi connectivity index (χ1n) is 7.10. The zero-order chi connectivity index (χ0) is 18.2. The topological polar surface area (TPSA) is 79.6 Å². The van der Waals surface area contributed by atoms with E-state index < -0.39 is 20.6 Å². The molecule has 0 atom stereocenters. The van der Waals surface area contributed by atoms with Crippen molar-refractivity contribution in [1.29, 1.82) is 5.26 Å². The van der Waals surface area contributed by atoms with Crippen molar-refractivity contribution in [2.45, 2.75) is 4.90 Å². The minimum absolute atomic E-state index is 0.0995. The zero-order valence-electron chi connectivity index (χ0n) is 13.4. The van der Waals surface area contributed by atoms with E-state index in [4.69, 9.17) is 9.47 Å². The standard InChI is InChI=1S/C17H13FN2O4S/c1-23-12-4-5-14(16(8-12)24-2)20-10-13(9-19)25(21,22)17-6-3-11(18)7-15(17)20/h3-8,10H,1-2H3. The van der Waals surface area contributed by atoms with Crippen molar-refractivity contribution >= 4 is 21.2 Å². The number of fused-ring (bicyclic) bond motifs is 1. The molecule has 25 heavy (non-hydrogen) atoms. The van der Waals surface area contributed by atoms with E-state index in [2.05, 4.69) is 0 Å². The number of ether oxygens (including phenoxy) is 2. The van der Waals surface area contributed by atoms with Crippen LogP contribution in [0.15, 0.2) is 52.4 Å². The highest BCUT2D eigenvalue weighted by atomic mass is 32.2. The molecule has 8 heteroatoms. The van der Waals surface area contributed by atoms with Crippen LogP contribution in [0.1, 0.15) is 0 Å². The lowest BCUT2D eigenvalue weighted by Gasteiger charge is -2.28. The van der Waals surface area contributed by atoms with Gasteiger partial charge >= 0.3 is 0 Å². The number of rotatable bonds is 3. The molecule has 3 rings (SSSR count). The summed E-state index contributed by atoms with van der Waals surface area (Å²) >= 11 is 0. The van der Waals surface area contributed by atoms with E-state index in [9.17, 15) is 18.1 Å². The van der Waals surface area contributed by atoms with Gasteiger partial charge in [-0.2, -0.15) is 5.26 Å². The van der Waals surface area contributed by atoms with Gasteiger partial charge in [0.25, 0.3) is 0 Å². The molecule has 0 spiro atoms. The lowest BCUT2D eigenvalue weighted by Crippen LogP contribution is -2.22. The van der Waals surface area contributed by atoms with Crippen molar-refractivity contribution in [1.82, 2.24) is 0 Å². The van der Waals surface area contributed by atoms with Gasteiger partial charge in [-0.1, -0.05) is 0 Å². The summed E-state index contributed by atoms with van der Waals surface area (Å²) in [6, 6.07) is 9.86. The molecular formula is C17H13FN2O4S. The molecule has 0 aromatic heterocycles. The Morgan fingerprint density at radius 2 is 1.84 bits per heavy atom. The van der Waals surface area contributed by atoms with E-state index in [0.29, 0.717) is 17.2 Å². The van der Waals surface area contributed by atoms with Crippen LogP contribution in [-0.2, 0) is 9.84 Å². The monoisotopic (exact) mass is 360 g/mol. The third kappa shape index (κ3) is 2.68. The summed E-state index contributed by atoms with van der Waals surface area (Å²) < 4.78 is 49.2. The van der Waals surface area contributed by atoms with E-state index in [1.54, 1.807) is 24.3 Å². The predicted molar refractivity (Wildman–Crippen MR) is 89.0 cm³/mol. The molecule has 0 saturated carbocycles. The van der Waals surface area contributed by atoms with Crippen molar-refractivity contribution in [2.75, 3.05) is 19.1 Å². The molecule has 2 aromatic rings. The highest BCUT2D eigenvalue weighted by Gasteiger charge is 2.33. The molecule has 0 bridgehead atoms. The Bertz CT molecular complexity index is 1030. The Hall–Kier alpha value is -3.05. The molecule has 2 aromatic carbocycles. The fourth-order valence-electron chi connectivity index (χ4n) is 2.55. The largest absolute Gasteiger partial charge is 0.497 e. The number of hydrogen-bond acceptors (Lipinski definition) is 6. The summed E-state index contributed by atoms with van der Waals surface area (Å²) in [5.74, 6) is 0.316. The van der Waals surface area contributed by atoms with Crippen LogP contribution >= 0.6 is 0 Å². The Kier molecular flexibility index (Phi) is 4.10. The molecule has 0 amide bonds. The molecule has 0 unspecified atom stereocenters. The molecular weight excluding hydrogens is 347 g/mol. The summed E-state index contributed by atoms with van der Waals surface area (Å²) in [5.41, 5.74) is 0.542. The van der Waals surface area contributed by atoms with Gasteiger partial charge in [0.2, 0.25) is 9.84 Å². The minimum atomic E-state index is -4.00. The molecule has 0 fully saturated rings. The van der Waals surface area contributed by atoms with Crippen molar-refractivity contribution in [2.24, 2.45) is 0 Å². The summed E-state index contributed by atoms with van der Waals surface area (Å²) in [5, 5.41) is 9.23. The summed E-state index contributed by atoms with van der Waals surface area (Å²) in [6.07, 6.45) is 1.15. The second-order valence-corrected chi connectivity index (χ2v) is 7.01. The van der Waals surface area contributed by atoms with Gasteiger partial charge in [-0.05, 0) is 30.3 Å². The van der Waals surface area contributed by atoms with E-state index in [-0.39, 0.29) is 10.6 Å². The number of halogens is 1. The van der Waals surface area contributed by atoms with Gasteiger partial charge in [0, 0.05) is 12.3 Å². The van der Waals surface area contributed by atoms with E-state index in [1.807, 2.05) is 0 Å². The lowest BCUT2D eigenvalue weighted by molar-refractivity contribution is 0.395. The van der Waals surface area contributed by atoms with Crippen molar-refractivity contribution < 1.29 is 22.3 Å². The molecule has 1 aliphatic rings. The minimum Gasteiger partial charge on any atom is -0.497 e.